The zero-order chi connectivity index (χ0) is 14.0. The first-order chi connectivity index (χ1) is 9.04. The highest BCUT2D eigenvalue weighted by atomic mass is 16.2. The Morgan fingerprint density at radius 1 is 1.37 bits per heavy atom. The Balaban J connectivity index is 2.31. The lowest BCUT2D eigenvalue weighted by Gasteiger charge is -2.36. The molecule has 19 heavy (non-hydrogen) atoms. The normalized spacial score (nSPS) is 19.7. The van der Waals surface area contributed by atoms with E-state index in [-0.39, 0.29) is 18.4 Å². The average molecular weight is 261 g/mol. The van der Waals surface area contributed by atoms with Crippen molar-refractivity contribution in [2.45, 2.75) is 25.9 Å². The molecule has 2 amide bonds. The van der Waals surface area contributed by atoms with Gasteiger partial charge in [-0.25, -0.2) is 0 Å². The SMILES string of the molecule is CC(CN)C(=O)N1Cc2ccccc2CC1C(N)=O. The Morgan fingerprint density at radius 2 is 2.00 bits per heavy atom. The minimum Gasteiger partial charge on any atom is -0.368 e. The molecule has 5 nitrogen and oxygen atoms in total. The van der Waals surface area contributed by atoms with Crippen molar-refractivity contribution in [3.8, 4) is 0 Å². The standard InChI is InChI=1S/C14H19N3O2/c1-9(7-15)14(19)17-8-11-5-3-2-4-10(11)6-12(17)13(16)18/h2-5,9,12H,6-8,15H2,1H3,(H2,16,18). The number of benzene rings is 1. The molecular weight excluding hydrogens is 242 g/mol. The predicted octanol–water partition coefficient (Wildman–Crippen LogP) is 0.0200. The monoisotopic (exact) mass is 261 g/mol. The fourth-order valence-electron chi connectivity index (χ4n) is 2.39. The van der Waals surface area contributed by atoms with Crippen molar-refractivity contribution in [3.63, 3.8) is 0 Å². The van der Waals surface area contributed by atoms with Gasteiger partial charge in [-0.3, -0.25) is 9.59 Å². The van der Waals surface area contributed by atoms with E-state index in [9.17, 15) is 9.59 Å². The van der Waals surface area contributed by atoms with Crippen LogP contribution in [0.4, 0.5) is 0 Å². The molecule has 1 aliphatic heterocycles. The minimum atomic E-state index is -0.573. The number of rotatable bonds is 3. The van der Waals surface area contributed by atoms with Crippen molar-refractivity contribution in [1.29, 1.82) is 0 Å². The van der Waals surface area contributed by atoms with Crippen molar-refractivity contribution in [2.75, 3.05) is 6.54 Å². The molecule has 4 N–H and O–H groups in total. The van der Waals surface area contributed by atoms with Gasteiger partial charge in [0.25, 0.3) is 0 Å². The van der Waals surface area contributed by atoms with Crippen LogP contribution in [0.2, 0.25) is 0 Å². The maximum Gasteiger partial charge on any atom is 0.240 e. The number of carbonyl (C=O) groups is 2. The number of primary amides is 1. The lowest BCUT2D eigenvalue weighted by Crippen LogP contribution is -2.53. The van der Waals surface area contributed by atoms with E-state index in [1.165, 1.54) is 0 Å². The van der Waals surface area contributed by atoms with E-state index in [1.807, 2.05) is 24.3 Å². The van der Waals surface area contributed by atoms with Gasteiger partial charge in [-0.1, -0.05) is 31.2 Å². The van der Waals surface area contributed by atoms with Crippen LogP contribution in [0.3, 0.4) is 0 Å². The van der Waals surface area contributed by atoms with Crippen LogP contribution in [0.1, 0.15) is 18.1 Å². The van der Waals surface area contributed by atoms with E-state index in [1.54, 1.807) is 11.8 Å². The van der Waals surface area contributed by atoms with Crippen molar-refractivity contribution in [2.24, 2.45) is 17.4 Å². The van der Waals surface area contributed by atoms with Crippen molar-refractivity contribution >= 4 is 11.8 Å². The molecular formula is C14H19N3O2. The van der Waals surface area contributed by atoms with Gasteiger partial charge in [0.05, 0.1) is 0 Å². The summed E-state index contributed by atoms with van der Waals surface area (Å²) in [5.41, 5.74) is 13.1. The van der Waals surface area contributed by atoms with Crippen LogP contribution in [0.5, 0.6) is 0 Å². The fourth-order valence-corrected chi connectivity index (χ4v) is 2.39. The summed E-state index contributed by atoms with van der Waals surface area (Å²) in [5.74, 6) is -0.875. The van der Waals surface area contributed by atoms with Gasteiger partial charge in [0.15, 0.2) is 0 Å². The number of nitrogens with two attached hydrogens (primary N) is 2. The predicted molar refractivity (Wildman–Crippen MR) is 71.9 cm³/mol. The molecule has 0 spiro atoms. The third kappa shape index (κ3) is 2.61. The van der Waals surface area contributed by atoms with E-state index in [4.69, 9.17) is 11.5 Å². The van der Waals surface area contributed by atoms with E-state index in [2.05, 4.69) is 0 Å². The third-order valence-corrected chi connectivity index (χ3v) is 3.64. The molecule has 1 aromatic carbocycles. The summed E-state index contributed by atoms with van der Waals surface area (Å²) in [6.45, 7) is 2.45. The molecule has 1 heterocycles. The molecule has 2 unspecified atom stereocenters. The highest BCUT2D eigenvalue weighted by Gasteiger charge is 2.34. The van der Waals surface area contributed by atoms with Crippen molar-refractivity contribution in [1.82, 2.24) is 4.90 Å². The Kier molecular flexibility index (Phi) is 3.85. The first-order valence-electron chi connectivity index (χ1n) is 6.41. The zero-order valence-corrected chi connectivity index (χ0v) is 11.0. The first-order valence-corrected chi connectivity index (χ1v) is 6.41. The molecule has 1 aliphatic rings. The average Bonchev–Trinajstić information content (AvgIpc) is 2.44. The molecule has 0 radical (unpaired) electrons. The van der Waals surface area contributed by atoms with Gasteiger partial charge in [0.1, 0.15) is 6.04 Å². The summed E-state index contributed by atoms with van der Waals surface area (Å²) < 4.78 is 0. The highest BCUT2D eigenvalue weighted by Crippen LogP contribution is 2.24. The summed E-state index contributed by atoms with van der Waals surface area (Å²) in [7, 11) is 0. The number of amides is 2. The molecule has 0 fully saturated rings. The van der Waals surface area contributed by atoms with Crippen LogP contribution in [-0.4, -0.2) is 29.3 Å². The maximum atomic E-state index is 12.3. The smallest absolute Gasteiger partial charge is 0.240 e. The van der Waals surface area contributed by atoms with Gasteiger partial charge in [-0.2, -0.15) is 0 Å². The second-order valence-electron chi connectivity index (χ2n) is 4.99. The first kappa shape index (κ1) is 13.5. The molecule has 2 rings (SSSR count). The Hall–Kier alpha value is -1.88. The van der Waals surface area contributed by atoms with E-state index >= 15 is 0 Å². The minimum absolute atomic E-state index is 0.110. The fraction of sp³-hybridized carbons (Fsp3) is 0.429. The van der Waals surface area contributed by atoms with Crippen LogP contribution < -0.4 is 11.5 Å². The van der Waals surface area contributed by atoms with Crippen LogP contribution in [0.25, 0.3) is 0 Å². The van der Waals surface area contributed by atoms with E-state index < -0.39 is 11.9 Å². The number of nitrogens with zero attached hydrogens (tertiary/aromatic N) is 1. The molecule has 0 saturated heterocycles. The van der Waals surface area contributed by atoms with Gasteiger partial charge < -0.3 is 16.4 Å². The van der Waals surface area contributed by atoms with Crippen molar-refractivity contribution < 1.29 is 9.59 Å². The molecule has 0 saturated carbocycles. The molecule has 1 aromatic rings. The van der Waals surface area contributed by atoms with Gasteiger partial charge >= 0.3 is 0 Å². The summed E-state index contributed by atoms with van der Waals surface area (Å²) in [6, 6.07) is 7.23. The highest BCUT2D eigenvalue weighted by molar-refractivity contribution is 5.88. The van der Waals surface area contributed by atoms with Gasteiger partial charge in [-0.15, -0.1) is 0 Å². The number of hydrogen-bond acceptors (Lipinski definition) is 3. The molecule has 0 aromatic heterocycles. The number of hydrogen-bond donors (Lipinski definition) is 2. The van der Waals surface area contributed by atoms with E-state index in [0.29, 0.717) is 13.0 Å². The van der Waals surface area contributed by atoms with Gasteiger partial charge in [-0.05, 0) is 11.1 Å². The summed E-state index contributed by atoms with van der Waals surface area (Å²) >= 11 is 0. The second kappa shape index (κ2) is 5.40. The van der Waals surface area contributed by atoms with Crippen LogP contribution in [-0.2, 0) is 22.6 Å². The molecule has 2 atom stereocenters. The molecule has 5 heteroatoms. The number of fused-ring (bicyclic) bond motifs is 1. The topological polar surface area (TPSA) is 89.4 Å². The summed E-state index contributed by atoms with van der Waals surface area (Å²) in [4.78, 5) is 25.4. The van der Waals surface area contributed by atoms with Crippen molar-refractivity contribution in [3.05, 3.63) is 35.4 Å². The van der Waals surface area contributed by atoms with Crippen LogP contribution >= 0.6 is 0 Å². The zero-order valence-electron chi connectivity index (χ0n) is 11.0. The van der Waals surface area contributed by atoms with Crippen LogP contribution in [0.15, 0.2) is 24.3 Å². The third-order valence-electron chi connectivity index (χ3n) is 3.64. The largest absolute Gasteiger partial charge is 0.368 e. The summed E-state index contributed by atoms with van der Waals surface area (Å²) in [5, 5.41) is 0. The Morgan fingerprint density at radius 3 is 2.58 bits per heavy atom. The van der Waals surface area contributed by atoms with Crippen LogP contribution in [0, 0.1) is 5.92 Å². The Bertz CT molecular complexity index is 501. The Labute approximate surface area is 112 Å². The summed E-state index contributed by atoms with van der Waals surface area (Å²) in [6.07, 6.45) is 0.481. The lowest BCUT2D eigenvalue weighted by molar-refractivity contribution is -0.143. The lowest BCUT2D eigenvalue weighted by atomic mass is 9.92. The maximum absolute atomic E-state index is 12.3. The molecule has 0 bridgehead atoms. The second-order valence-corrected chi connectivity index (χ2v) is 4.99. The number of carbonyl (C=O) groups excluding carboxylic acids is 2. The quantitative estimate of drug-likeness (QED) is 0.803. The van der Waals surface area contributed by atoms with E-state index in [0.717, 1.165) is 11.1 Å². The van der Waals surface area contributed by atoms with Gasteiger partial charge in [0, 0.05) is 25.4 Å². The molecule has 0 aliphatic carbocycles. The van der Waals surface area contributed by atoms with Gasteiger partial charge in [0.2, 0.25) is 11.8 Å². The molecule has 102 valence electrons.